The number of halogens is 3. The van der Waals surface area contributed by atoms with Gasteiger partial charge >= 0.3 is 0 Å². The van der Waals surface area contributed by atoms with Crippen LogP contribution >= 0.6 is 35.6 Å². The number of methoxy groups -OCH3 is 1. The minimum Gasteiger partial charge on any atom is -0.493 e. The van der Waals surface area contributed by atoms with Gasteiger partial charge in [-0.15, -0.1) is 12.4 Å². The maximum atomic E-state index is 12.6. The third-order valence-corrected chi connectivity index (χ3v) is 4.91. The van der Waals surface area contributed by atoms with Crippen LogP contribution in [0.3, 0.4) is 0 Å². The van der Waals surface area contributed by atoms with Crippen LogP contribution in [0, 0.1) is 0 Å². The quantitative estimate of drug-likeness (QED) is 0.771. The van der Waals surface area contributed by atoms with Gasteiger partial charge in [-0.3, -0.25) is 4.79 Å². The molecule has 1 aliphatic rings. The highest BCUT2D eigenvalue weighted by atomic mass is 35.5. The van der Waals surface area contributed by atoms with Gasteiger partial charge in [0.15, 0.2) is 11.5 Å². The van der Waals surface area contributed by atoms with Crippen LogP contribution in [0.15, 0.2) is 36.4 Å². The molecular weight excluding hydrogens is 411 g/mol. The van der Waals surface area contributed by atoms with E-state index in [4.69, 9.17) is 38.4 Å². The van der Waals surface area contributed by atoms with Crippen molar-refractivity contribution in [3.05, 3.63) is 57.6 Å². The number of nitrogens with two attached hydrogens (primary N) is 1. The molecule has 146 valence electrons. The van der Waals surface area contributed by atoms with Gasteiger partial charge in [0.2, 0.25) is 0 Å². The van der Waals surface area contributed by atoms with Crippen molar-refractivity contribution < 1.29 is 14.3 Å². The third-order valence-electron chi connectivity index (χ3n) is 4.32. The summed E-state index contributed by atoms with van der Waals surface area (Å²) in [6.07, 6.45) is 0.825. The molecule has 0 aromatic heterocycles. The number of rotatable bonds is 5. The molecule has 1 saturated heterocycles. The molecule has 8 heteroatoms. The molecule has 0 bridgehead atoms. The molecule has 0 spiro atoms. The third kappa shape index (κ3) is 5.20. The first-order valence-corrected chi connectivity index (χ1v) is 9.03. The molecule has 3 rings (SSSR count). The zero-order chi connectivity index (χ0) is 18.7. The fourth-order valence-corrected chi connectivity index (χ4v) is 3.33. The van der Waals surface area contributed by atoms with Crippen molar-refractivity contribution in [2.24, 2.45) is 5.73 Å². The summed E-state index contributed by atoms with van der Waals surface area (Å²) in [5.41, 5.74) is 7.24. The molecule has 1 atom stereocenters. The number of benzene rings is 2. The number of carbonyl (C=O) groups excluding carboxylic acids is 1. The molecule has 1 heterocycles. The molecule has 1 aliphatic heterocycles. The molecule has 0 radical (unpaired) electrons. The van der Waals surface area contributed by atoms with Crippen LogP contribution in [0.1, 0.15) is 22.3 Å². The number of carbonyl (C=O) groups is 1. The summed E-state index contributed by atoms with van der Waals surface area (Å²) in [5.74, 6) is 0.973. The summed E-state index contributed by atoms with van der Waals surface area (Å²) in [7, 11) is 1.54. The first-order valence-electron chi connectivity index (χ1n) is 8.27. The lowest BCUT2D eigenvalue weighted by Crippen LogP contribution is -2.31. The van der Waals surface area contributed by atoms with E-state index in [1.165, 1.54) is 7.11 Å². The van der Waals surface area contributed by atoms with E-state index in [2.05, 4.69) is 0 Å². The Labute approximate surface area is 174 Å². The number of nitrogens with zero attached hydrogens (tertiary/aromatic N) is 1. The van der Waals surface area contributed by atoms with E-state index in [9.17, 15) is 4.79 Å². The molecule has 0 aliphatic carbocycles. The van der Waals surface area contributed by atoms with Crippen molar-refractivity contribution in [2.45, 2.75) is 19.1 Å². The van der Waals surface area contributed by atoms with Crippen LogP contribution in [-0.4, -0.2) is 37.0 Å². The first kappa shape index (κ1) is 21.6. The number of ether oxygens (including phenoxy) is 2. The number of hydrogen-bond acceptors (Lipinski definition) is 4. The Bertz CT molecular complexity index is 817. The normalized spacial score (nSPS) is 16.0. The average molecular weight is 432 g/mol. The van der Waals surface area contributed by atoms with Gasteiger partial charge in [0, 0.05) is 40.3 Å². The van der Waals surface area contributed by atoms with Gasteiger partial charge in [-0.05, 0) is 36.8 Å². The van der Waals surface area contributed by atoms with Crippen LogP contribution in [0.25, 0.3) is 0 Å². The Morgan fingerprint density at radius 1 is 1.22 bits per heavy atom. The van der Waals surface area contributed by atoms with Gasteiger partial charge < -0.3 is 20.1 Å². The fourth-order valence-electron chi connectivity index (χ4n) is 2.87. The minimum atomic E-state index is -0.0523. The van der Waals surface area contributed by atoms with E-state index >= 15 is 0 Å². The van der Waals surface area contributed by atoms with E-state index in [1.54, 1.807) is 35.2 Å². The predicted molar refractivity (Wildman–Crippen MR) is 110 cm³/mol. The molecule has 5 nitrogen and oxygen atoms in total. The highest BCUT2D eigenvalue weighted by molar-refractivity contribution is 6.35. The van der Waals surface area contributed by atoms with Crippen molar-refractivity contribution in [3.8, 4) is 11.5 Å². The summed E-state index contributed by atoms with van der Waals surface area (Å²) in [6.45, 7) is 1.52. The van der Waals surface area contributed by atoms with Crippen LogP contribution in [0.5, 0.6) is 11.5 Å². The van der Waals surface area contributed by atoms with Gasteiger partial charge in [-0.1, -0.05) is 29.3 Å². The Morgan fingerprint density at radius 3 is 2.63 bits per heavy atom. The van der Waals surface area contributed by atoms with Crippen molar-refractivity contribution in [1.82, 2.24) is 4.90 Å². The number of amides is 1. The molecule has 1 amide bonds. The standard InChI is InChI=1S/C19H20Cl2N2O3.ClH/c1-25-18-8-12(19(24)23-7-6-15(22)10-23)3-5-17(18)26-11-13-2-4-14(20)9-16(13)21;/h2-5,8-9,15H,6-7,10-11,22H2,1H3;1H/t15-;/m1./s1. The summed E-state index contributed by atoms with van der Waals surface area (Å²) in [5, 5.41) is 1.11. The molecule has 2 N–H and O–H groups in total. The second kappa shape index (κ2) is 9.51. The summed E-state index contributed by atoms with van der Waals surface area (Å²) in [6, 6.07) is 10.4. The Morgan fingerprint density at radius 2 is 2.00 bits per heavy atom. The minimum absolute atomic E-state index is 0. The molecule has 1 fully saturated rings. The SMILES string of the molecule is COc1cc(C(=O)N2CC[C@@H](N)C2)ccc1OCc1ccc(Cl)cc1Cl.Cl. The predicted octanol–water partition coefficient (Wildman–Crippen LogP) is 4.18. The maximum absolute atomic E-state index is 12.6. The molecule has 2 aromatic rings. The van der Waals surface area contributed by atoms with E-state index in [1.807, 2.05) is 6.07 Å². The van der Waals surface area contributed by atoms with Crippen LogP contribution in [0.4, 0.5) is 0 Å². The van der Waals surface area contributed by atoms with E-state index < -0.39 is 0 Å². The maximum Gasteiger partial charge on any atom is 0.254 e. The van der Waals surface area contributed by atoms with Crippen molar-refractivity contribution in [1.29, 1.82) is 0 Å². The molecule has 27 heavy (non-hydrogen) atoms. The number of hydrogen-bond donors (Lipinski definition) is 1. The van der Waals surface area contributed by atoms with Gasteiger partial charge in [-0.25, -0.2) is 0 Å². The lowest BCUT2D eigenvalue weighted by molar-refractivity contribution is 0.0790. The highest BCUT2D eigenvalue weighted by Crippen LogP contribution is 2.31. The zero-order valence-corrected chi connectivity index (χ0v) is 17.1. The van der Waals surface area contributed by atoms with E-state index in [0.717, 1.165) is 12.0 Å². The van der Waals surface area contributed by atoms with Gasteiger partial charge in [-0.2, -0.15) is 0 Å². The Kier molecular flexibility index (Phi) is 7.62. The second-order valence-electron chi connectivity index (χ2n) is 6.19. The molecule has 0 saturated carbocycles. The lowest BCUT2D eigenvalue weighted by Gasteiger charge is -2.17. The van der Waals surface area contributed by atoms with Crippen LogP contribution in [0.2, 0.25) is 10.0 Å². The van der Waals surface area contributed by atoms with E-state index in [-0.39, 0.29) is 31.0 Å². The lowest BCUT2D eigenvalue weighted by atomic mass is 10.1. The fraction of sp³-hybridized carbons (Fsp3) is 0.316. The van der Waals surface area contributed by atoms with Gasteiger partial charge in [0.05, 0.1) is 7.11 Å². The Hall–Kier alpha value is -1.66. The molecule has 0 unspecified atom stereocenters. The second-order valence-corrected chi connectivity index (χ2v) is 7.03. The summed E-state index contributed by atoms with van der Waals surface area (Å²) in [4.78, 5) is 14.3. The average Bonchev–Trinajstić information content (AvgIpc) is 3.06. The first-order chi connectivity index (χ1) is 12.5. The topological polar surface area (TPSA) is 64.8 Å². The smallest absolute Gasteiger partial charge is 0.254 e. The van der Waals surface area contributed by atoms with Crippen molar-refractivity contribution in [3.63, 3.8) is 0 Å². The zero-order valence-electron chi connectivity index (χ0n) is 14.8. The van der Waals surface area contributed by atoms with Gasteiger partial charge in [0.1, 0.15) is 6.61 Å². The van der Waals surface area contributed by atoms with Crippen molar-refractivity contribution in [2.75, 3.05) is 20.2 Å². The van der Waals surface area contributed by atoms with Crippen LogP contribution in [-0.2, 0) is 6.61 Å². The van der Waals surface area contributed by atoms with E-state index in [0.29, 0.717) is 40.2 Å². The van der Waals surface area contributed by atoms with Crippen molar-refractivity contribution >= 4 is 41.5 Å². The largest absolute Gasteiger partial charge is 0.493 e. The van der Waals surface area contributed by atoms with Gasteiger partial charge in [0.25, 0.3) is 5.91 Å². The summed E-state index contributed by atoms with van der Waals surface area (Å²) < 4.78 is 11.2. The van der Waals surface area contributed by atoms with Crippen LogP contribution < -0.4 is 15.2 Å². The molecular formula is C19H21Cl3N2O3. The number of likely N-dealkylation sites (tertiary alicyclic amines) is 1. The molecule has 2 aromatic carbocycles. The summed E-state index contributed by atoms with van der Waals surface area (Å²) >= 11 is 12.1. The monoisotopic (exact) mass is 430 g/mol. The highest BCUT2D eigenvalue weighted by Gasteiger charge is 2.25. The Balaban J connectivity index is 0.00000261.